The first kappa shape index (κ1) is 34.8. The molecule has 0 aliphatic carbocycles. The lowest BCUT2D eigenvalue weighted by Gasteiger charge is -2.45. The molecule has 3 aromatic rings. The zero-order valence-corrected chi connectivity index (χ0v) is 26.7. The van der Waals surface area contributed by atoms with Crippen molar-refractivity contribution >= 4 is 54.6 Å². The summed E-state index contributed by atoms with van der Waals surface area (Å²) in [5.74, 6) is -2.60. The third-order valence-corrected chi connectivity index (χ3v) is 8.84. The first-order valence-electron chi connectivity index (χ1n) is 14.6. The molecule has 0 saturated carbocycles. The van der Waals surface area contributed by atoms with Crippen molar-refractivity contribution in [2.75, 3.05) is 36.5 Å². The molecule has 1 fully saturated rings. The van der Waals surface area contributed by atoms with Crippen molar-refractivity contribution in [2.24, 2.45) is 0 Å². The third kappa shape index (κ3) is 8.29. The van der Waals surface area contributed by atoms with Crippen LogP contribution in [-0.4, -0.2) is 70.6 Å². The van der Waals surface area contributed by atoms with Gasteiger partial charge >= 0.3 is 19.8 Å². The predicted molar refractivity (Wildman–Crippen MR) is 169 cm³/mol. The Bertz CT molecular complexity index is 1790. The van der Waals surface area contributed by atoms with E-state index < -0.39 is 67.6 Å². The Hall–Kier alpha value is -4.56. The highest BCUT2D eigenvalue weighted by molar-refractivity contribution is 7.51. The minimum absolute atomic E-state index is 0.0113. The van der Waals surface area contributed by atoms with Crippen LogP contribution in [0.4, 0.5) is 29.7 Å². The number of piperidine rings is 1. The molecule has 5 rings (SSSR count). The number of anilines is 2. The highest BCUT2D eigenvalue weighted by Crippen LogP contribution is 2.45. The Morgan fingerprint density at radius 2 is 1.88 bits per heavy atom. The van der Waals surface area contributed by atoms with Crippen molar-refractivity contribution < 1.29 is 51.8 Å². The van der Waals surface area contributed by atoms with Gasteiger partial charge in [0.05, 0.1) is 29.0 Å². The van der Waals surface area contributed by atoms with Crippen LogP contribution in [0, 0.1) is 11.6 Å². The Balaban J connectivity index is 1.34. The SMILES string of the molecule is O=C(Nc1ccc(C(=O)NC(Cc2cccc(F)c2)C(=O)N2CCC[C@@]3(C2)OC(=O)Nc2ccc(Cl)c(F)c23)cc1)OCCP(=O)(O)O. The minimum Gasteiger partial charge on any atom is -0.449 e. The Labute approximate surface area is 277 Å². The fourth-order valence-corrected chi connectivity index (χ4v) is 6.13. The smallest absolute Gasteiger partial charge is 0.412 e. The average molecular weight is 707 g/mol. The van der Waals surface area contributed by atoms with Crippen molar-refractivity contribution in [3.05, 3.63) is 94.0 Å². The van der Waals surface area contributed by atoms with Crippen LogP contribution >= 0.6 is 19.2 Å². The monoisotopic (exact) mass is 706 g/mol. The zero-order chi connectivity index (χ0) is 34.6. The third-order valence-electron chi connectivity index (χ3n) is 7.78. The number of carbonyl (C=O) groups excluding carboxylic acids is 4. The van der Waals surface area contributed by atoms with E-state index in [9.17, 15) is 28.1 Å². The van der Waals surface area contributed by atoms with Crippen LogP contribution in [0.5, 0.6) is 0 Å². The minimum atomic E-state index is -4.34. The van der Waals surface area contributed by atoms with Crippen LogP contribution in [-0.2, 0) is 30.9 Å². The number of likely N-dealkylation sites (tertiary alicyclic amines) is 1. The molecular formula is C31H30ClF2N4O9P. The molecule has 1 saturated heterocycles. The molecule has 5 N–H and O–H groups in total. The molecule has 48 heavy (non-hydrogen) atoms. The second kappa shape index (κ2) is 14.3. The summed E-state index contributed by atoms with van der Waals surface area (Å²) in [6, 6.07) is 12.5. The molecule has 17 heteroatoms. The maximum Gasteiger partial charge on any atom is 0.412 e. The molecule has 1 spiro atoms. The van der Waals surface area contributed by atoms with Gasteiger partial charge in [0, 0.05) is 24.2 Å². The number of carbonyl (C=O) groups is 4. The summed E-state index contributed by atoms with van der Waals surface area (Å²) in [7, 11) is -4.34. The van der Waals surface area contributed by atoms with Crippen molar-refractivity contribution in [3.8, 4) is 0 Å². The van der Waals surface area contributed by atoms with Crippen LogP contribution < -0.4 is 16.0 Å². The predicted octanol–water partition coefficient (Wildman–Crippen LogP) is 4.77. The largest absolute Gasteiger partial charge is 0.449 e. The lowest BCUT2D eigenvalue weighted by Crippen LogP contribution is -2.57. The Kier molecular flexibility index (Phi) is 10.3. The maximum atomic E-state index is 15.4. The lowest BCUT2D eigenvalue weighted by molar-refractivity contribution is -0.141. The number of nitrogens with zero attached hydrogens (tertiary/aromatic N) is 1. The van der Waals surface area contributed by atoms with Crippen LogP contribution in [0.2, 0.25) is 5.02 Å². The summed E-state index contributed by atoms with van der Waals surface area (Å²) in [6.45, 7) is -0.545. The van der Waals surface area contributed by atoms with Gasteiger partial charge in [-0.3, -0.25) is 24.8 Å². The van der Waals surface area contributed by atoms with Crippen molar-refractivity contribution in [1.29, 1.82) is 0 Å². The number of hydrogen-bond donors (Lipinski definition) is 5. The summed E-state index contributed by atoms with van der Waals surface area (Å²) in [5.41, 5.74) is -0.651. The van der Waals surface area contributed by atoms with E-state index in [0.29, 0.717) is 12.0 Å². The summed E-state index contributed by atoms with van der Waals surface area (Å²) in [4.78, 5) is 71.0. The van der Waals surface area contributed by atoms with E-state index in [-0.39, 0.29) is 53.5 Å². The van der Waals surface area contributed by atoms with E-state index in [4.69, 9.17) is 30.9 Å². The molecule has 254 valence electrons. The normalized spacial score (nSPS) is 17.9. The summed E-state index contributed by atoms with van der Waals surface area (Å²) in [6.07, 6.45) is -2.02. The van der Waals surface area contributed by atoms with Gasteiger partial charge in [0.15, 0.2) is 11.4 Å². The molecule has 1 unspecified atom stereocenters. The number of halogens is 3. The number of benzene rings is 3. The number of nitrogens with one attached hydrogen (secondary N) is 3. The van der Waals surface area contributed by atoms with E-state index in [1.165, 1.54) is 59.5 Å². The highest BCUT2D eigenvalue weighted by atomic mass is 35.5. The molecule has 3 aromatic carbocycles. The van der Waals surface area contributed by atoms with Crippen LogP contribution in [0.1, 0.15) is 34.3 Å². The summed E-state index contributed by atoms with van der Waals surface area (Å²) in [5, 5.41) is 7.32. The number of rotatable bonds is 9. The Morgan fingerprint density at radius 3 is 2.58 bits per heavy atom. The van der Waals surface area contributed by atoms with Crippen LogP contribution in [0.15, 0.2) is 60.7 Å². The van der Waals surface area contributed by atoms with Crippen LogP contribution in [0.25, 0.3) is 0 Å². The lowest BCUT2D eigenvalue weighted by atomic mass is 9.82. The fourth-order valence-electron chi connectivity index (χ4n) is 5.64. The van der Waals surface area contributed by atoms with Gasteiger partial charge in [-0.1, -0.05) is 23.7 Å². The van der Waals surface area contributed by atoms with Gasteiger partial charge in [-0.05, 0) is 66.9 Å². The average Bonchev–Trinajstić information content (AvgIpc) is 3.01. The maximum absolute atomic E-state index is 15.4. The van der Waals surface area contributed by atoms with E-state index >= 15 is 4.39 Å². The molecule has 2 atom stereocenters. The molecule has 2 aliphatic rings. The molecule has 0 bridgehead atoms. The highest BCUT2D eigenvalue weighted by Gasteiger charge is 2.49. The molecule has 0 aromatic heterocycles. The first-order valence-corrected chi connectivity index (χ1v) is 16.8. The van der Waals surface area contributed by atoms with Crippen molar-refractivity contribution in [2.45, 2.75) is 30.9 Å². The second-order valence-electron chi connectivity index (χ2n) is 11.2. The number of amides is 4. The molecular weight excluding hydrogens is 677 g/mol. The molecule has 13 nitrogen and oxygen atoms in total. The number of hydrogen-bond acceptors (Lipinski definition) is 7. The van der Waals surface area contributed by atoms with Gasteiger partial charge in [0.1, 0.15) is 18.5 Å². The zero-order valence-electron chi connectivity index (χ0n) is 25.1. The molecule has 0 radical (unpaired) electrons. The van der Waals surface area contributed by atoms with Crippen molar-refractivity contribution in [3.63, 3.8) is 0 Å². The molecule has 4 amide bonds. The molecule has 2 aliphatic heterocycles. The molecule has 2 heterocycles. The Morgan fingerprint density at radius 1 is 1.12 bits per heavy atom. The second-order valence-corrected chi connectivity index (χ2v) is 13.4. The fraction of sp³-hybridized carbons (Fsp3) is 0.290. The topological polar surface area (TPSA) is 184 Å². The van der Waals surface area contributed by atoms with E-state index in [1.807, 2.05) is 0 Å². The first-order chi connectivity index (χ1) is 22.7. The van der Waals surface area contributed by atoms with Gasteiger partial charge in [-0.2, -0.15) is 0 Å². The summed E-state index contributed by atoms with van der Waals surface area (Å²) >= 11 is 6.07. The number of fused-ring (bicyclic) bond motifs is 2. The van der Waals surface area contributed by atoms with Gasteiger partial charge in [-0.15, -0.1) is 0 Å². The standard InChI is InChI=1S/C31H30ClF2N4O9P/c32-22-9-10-23-25(26(22)34)31(47-30(42)37-23)11-2-12-38(17-31)28(40)24(16-18-3-1-4-20(33)15-18)36-27(39)19-5-7-21(8-6-19)35-29(41)46-13-14-48(43,44)45/h1,3-10,15,24H,2,11-14,16-17H2,(H,35,41)(H,36,39)(H,37,42)(H2,43,44,45)/t24?,31-/m0/s1. The van der Waals surface area contributed by atoms with Crippen molar-refractivity contribution in [1.82, 2.24) is 10.2 Å². The van der Waals surface area contributed by atoms with Gasteiger partial charge in [-0.25, -0.2) is 18.4 Å². The van der Waals surface area contributed by atoms with E-state index in [0.717, 1.165) is 0 Å². The summed E-state index contributed by atoms with van der Waals surface area (Å²) < 4.78 is 50.8. The number of ether oxygens (including phenoxy) is 2. The van der Waals surface area contributed by atoms with Gasteiger partial charge in [0.2, 0.25) is 5.91 Å². The van der Waals surface area contributed by atoms with Gasteiger partial charge in [0.25, 0.3) is 5.91 Å². The van der Waals surface area contributed by atoms with Crippen LogP contribution in [0.3, 0.4) is 0 Å². The van der Waals surface area contributed by atoms with E-state index in [1.54, 1.807) is 6.07 Å². The quantitative estimate of drug-likeness (QED) is 0.196. The van der Waals surface area contributed by atoms with Gasteiger partial charge < -0.3 is 29.5 Å². The van der Waals surface area contributed by atoms with E-state index in [2.05, 4.69) is 16.0 Å².